The Morgan fingerprint density at radius 3 is 2.54 bits per heavy atom. The first-order valence-corrected chi connectivity index (χ1v) is 8.95. The van der Waals surface area contributed by atoms with E-state index >= 15 is 0 Å². The molecular formula is C21H17N3OS. The van der Waals surface area contributed by atoms with Crippen molar-refractivity contribution in [3.05, 3.63) is 83.9 Å². The first kappa shape index (κ1) is 16.4. The zero-order valence-corrected chi connectivity index (χ0v) is 15.0. The van der Waals surface area contributed by atoms with Crippen LogP contribution in [0.25, 0.3) is 21.9 Å². The summed E-state index contributed by atoms with van der Waals surface area (Å²) in [5.74, 6) is 0.352. The second kappa shape index (κ2) is 7.06. The average molecular weight is 359 g/mol. The van der Waals surface area contributed by atoms with Gasteiger partial charge < -0.3 is 4.42 Å². The summed E-state index contributed by atoms with van der Waals surface area (Å²) in [4.78, 5) is 0. The molecule has 1 N–H and O–H groups in total. The molecule has 1 aromatic heterocycles. The maximum Gasteiger partial charge on any atom is 0.146 e. The maximum absolute atomic E-state index is 8.55. The molecule has 0 fully saturated rings. The highest BCUT2D eigenvalue weighted by atomic mass is 32.2. The van der Waals surface area contributed by atoms with Gasteiger partial charge in [-0.05, 0) is 17.7 Å². The standard InChI is InChI=1S/C21H17N3OS/c1-24(26-23-14-15-8-3-2-4-9-15)21(22)18-12-7-11-17-16-10-5-6-13-19(16)25-20(17)18/h2-14,22H,1H3. The fourth-order valence-electron chi connectivity index (χ4n) is 2.84. The lowest BCUT2D eigenvalue weighted by atomic mass is 10.1. The molecule has 0 radical (unpaired) electrons. The Morgan fingerprint density at radius 1 is 0.962 bits per heavy atom. The Hall–Kier alpha value is -3.05. The van der Waals surface area contributed by atoms with E-state index in [1.54, 1.807) is 10.5 Å². The van der Waals surface area contributed by atoms with Crippen LogP contribution in [-0.4, -0.2) is 23.4 Å². The zero-order valence-electron chi connectivity index (χ0n) is 14.2. The van der Waals surface area contributed by atoms with Crippen LogP contribution in [0.4, 0.5) is 0 Å². The second-order valence-corrected chi connectivity index (χ2v) is 6.78. The van der Waals surface area contributed by atoms with Crippen molar-refractivity contribution >= 4 is 46.1 Å². The average Bonchev–Trinajstić information content (AvgIpc) is 3.07. The smallest absolute Gasteiger partial charge is 0.146 e. The van der Waals surface area contributed by atoms with E-state index in [1.807, 2.05) is 79.8 Å². The number of nitrogens with one attached hydrogen (secondary N) is 1. The molecule has 0 unspecified atom stereocenters. The number of furan rings is 1. The van der Waals surface area contributed by atoms with Crippen LogP contribution in [0.2, 0.25) is 0 Å². The van der Waals surface area contributed by atoms with Crippen molar-refractivity contribution < 1.29 is 4.42 Å². The van der Waals surface area contributed by atoms with Crippen molar-refractivity contribution in [3.8, 4) is 0 Å². The Morgan fingerprint density at radius 2 is 1.69 bits per heavy atom. The van der Waals surface area contributed by atoms with E-state index in [0.29, 0.717) is 5.84 Å². The van der Waals surface area contributed by atoms with Crippen LogP contribution in [0.5, 0.6) is 0 Å². The molecule has 0 aliphatic heterocycles. The Labute approximate surface area is 155 Å². The predicted octanol–water partition coefficient (Wildman–Crippen LogP) is 5.53. The minimum absolute atomic E-state index is 0.352. The molecule has 0 atom stereocenters. The van der Waals surface area contributed by atoms with Crippen molar-refractivity contribution in [2.75, 3.05) is 7.05 Å². The molecule has 0 saturated heterocycles. The lowest BCUT2D eigenvalue weighted by Gasteiger charge is -2.15. The number of hydrogen-bond acceptors (Lipinski definition) is 4. The van der Waals surface area contributed by atoms with E-state index < -0.39 is 0 Å². The molecule has 0 saturated carbocycles. The zero-order chi connectivity index (χ0) is 17.9. The summed E-state index contributed by atoms with van der Waals surface area (Å²) in [7, 11) is 1.83. The molecule has 5 heteroatoms. The number of fused-ring (bicyclic) bond motifs is 3. The highest BCUT2D eigenvalue weighted by Gasteiger charge is 2.16. The number of benzene rings is 3. The second-order valence-electron chi connectivity index (χ2n) is 5.85. The first-order chi connectivity index (χ1) is 12.7. The Balaban J connectivity index is 1.60. The largest absolute Gasteiger partial charge is 0.455 e. The van der Waals surface area contributed by atoms with Gasteiger partial charge in [-0.1, -0.05) is 60.7 Å². The molecular weight excluding hydrogens is 342 g/mol. The minimum Gasteiger partial charge on any atom is -0.455 e. The summed E-state index contributed by atoms with van der Waals surface area (Å²) in [6.45, 7) is 0. The van der Waals surface area contributed by atoms with E-state index in [-0.39, 0.29) is 0 Å². The molecule has 4 rings (SSSR count). The SMILES string of the molecule is CN(SN=Cc1ccccc1)C(=N)c1cccc2c1oc1ccccc12. The third kappa shape index (κ3) is 3.09. The topological polar surface area (TPSA) is 52.6 Å². The highest BCUT2D eigenvalue weighted by molar-refractivity contribution is 7.96. The van der Waals surface area contributed by atoms with E-state index in [1.165, 1.54) is 12.1 Å². The lowest BCUT2D eigenvalue weighted by Crippen LogP contribution is -2.19. The summed E-state index contributed by atoms with van der Waals surface area (Å²) < 4.78 is 12.1. The molecule has 0 bridgehead atoms. The monoisotopic (exact) mass is 359 g/mol. The van der Waals surface area contributed by atoms with Gasteiger partial charge in [-0.3, -0.25) is 9.71 Å². The van der Waals surface area contributed by atoms with Crippen LogP contribution >= 0.6 is 12.1 Å². The number of para-hydroxylation sites is 2. The molecule has 128 valence electrons. The van der Waals surface area contributed by atoms with Gasteiger partial charge in [-0.25, -0.2) is 4.40 Å². The van der Waals surface area contributed by atoms with Crippen molar-refractivity contribution in [1.29, 1.82) is 5.41 Å². The third-order valence-corrected chi connectivity index (χ3v) is 4.77. The fourth-order valence-corrected chi connectivity index (χ4v) is 3.33. The number of rotatable bonds is 4. The lowest BCUT2D eigenvalue weighted by molar-refractivity contribution is 0.666. The van der Waals surface area contributed by atoms with Crippen LogP contribution in [-0.2, 0) is 0 Å². The number of amidine groups is 1. The van der Waals surface area contributed by atoms with E-state index in [2.05, 4.69) is 4.40 Å². The summed E-state index contributed by atoms with van der Waals surface area (Å²) >= 11 is 1.23. The van der Waals surface area contributed by atoms with Gasteiger partial charge in [-0.2, -0.15) is 0 Å². The third-order valence-electron chi connectivity index (χ3n) is 4.15. The quantitative estimate of drug-likeness (QED) is 0.296. The van der Waals surface area contributed by atoms with Gasteiger partial charge in [0, 0.05) is 24.0 Å². The van der Waals surface area contributed by atoms with Crippen molar-refractivity contribution in [3.63, 3.8) is 0 Å². The number of nitrogens with zero attached hydrogens (tertiary/aromatic N) is 2. The molecule has 0 spiro atoms. The normalized spacial score (nSPS) is 11.4. The number of hydrogen-bond donors (Lipinski definition) is 1. The van der Waals surface area contributed by atoms with Gasteiger partial charge in [-0.15, -0.1) is 0 Å². The minimum atomic E-state index is 0.352. The molecule has 0 amide bonds. The van der Waals surface area contributed by atoms with Gasteiger partial charge in [0.15, 0.2) is 0 Å². The van der Waals surface area contributed by atoms with E-state index in [0.717, 1.165) is 33.1 Å². The van der Waals surface area contributed by atoms with Crippen molar-refractivity contribution in [2.24, 2.45) is 4.40 Å². The van der Waals surface area contributed by atoms with Gasteiger partial charge >= 0.3 is 0 Å². The molecule has 0 aliphatic rings. The molecule has 0 aliphatic carbocycles. The molecule has 4 aromatic rings. The molecule has 4 nitrogen and oxygen atoms in total. The highest BCUT2D eigenvalue weighted by Crippen LogP contribution is 2.31. The van der Waals surface area contributed by atoms with Gasteiger partial charge in [0.25, 0.3) is 0 Å². The van der Waals surface area contributed by atoms with Crippen LogP contribution in [0, 0.1) is 5.41 Å². The van der Waals surface area contributed by atoms with Crippen LogP contribution in [0.1, 0.15) is 11.1 Å². The molecule has 26 heavy (non-hydrogen) atoms. The summed E-state index contributed by atoms with van der Waals surface area (Å²) in [6.07, 6.45) is 1.79. The van der Waals surface area contributed by atoms with Crippen LogP contribution in [0.15, 0.2) is 81.6 Å². The van der Waals surface area contributed by atoms with Gasteiger partial charge in [0.2, 0.25) is 0 Å². The van der Waals surface area contributed by atoms with Gasteiger partial charge in [0.05, 0.1) is 17.7 Å². The van der Waals surface area contributed by atoms with Crippen molar-refractivity contribution in [1.82, 2.24) is 4.31 Å². The fraction of sp³-hybridized carbons (Fsp3) is 0.0476. The van der Waals surface area contributed by atoms with E-state index in [9.17, 15) is 0 Å². The Kier molecular flexibility index (Phi) is 4.46. The summed E-state index contributed by atoms with van der Waals surface area (Å²) in [5.41, 5.74) is 3.35. The van der Waals surface area contributed by atoms with Gasteiger partial charge in [0.1, 0.15) is 17.0 Å². The summed E-state index contributed by atoms with van der Waals surface area (Å²) in [5, 5.41) is 10.6. The molecule has 1 heterocycles. The Bertz CT molecular complexity index is 1100. The first-order valence-electron chi connectivity index (χ1n) is 8.22. The summed E-state index contributed by atoms with van der Waals surface area (Å²) in [6, 6.07) is 23.7. The maximum atomic E-state index is 8.55. The predicted molar refractivity (Wildman–Crippen MR) is 110 cm³/mol. The molecule has 3 aromatic carbocycles. The van der Waals surface area contributed by atoms with Crippen LogP contribution < -0.4 is 0 Å². The van der Waals surface area contributed by atoms with E-state index in [4.69, 9.17) is 9.83 Å². The van der Waals surface area contributed by atoms with Crippen molar-refractivity contribution in [2.45, 2.75) is 0 Å². The van der Waals surface area contributed by atoms with Crippen LogP contribution in [0.3, 0.4) is 0 Å².